The molecule has 31 heavy (non-hydrogen) atoms. The number of aliphatic imine (C=N–C) groups is 1. The summed E-state index contributed by atoms with van der Waals surface area (Å²) in [5.41, 5.74) is 4.92. The third-order valence-electron chi connectivity index (χ3n) is 5.21. The smallest absolute Gasteiger partial charge is 0.283 e. The molecule has 160 valence electrons. The van der Waals surface area contributed by atoms with Gasteiger partial charge < -0.3 is 4.57 Å². The number of sulfone groups is 1. The average Bonchev–Trinajstić information content (AvgIpc) is 3.27. The lowest BCUT2D eigenvalue weighted by Crippen LogP contribution is -2.35. The molecule has 0 spiro atoms. The second-order valence-corrected chi connectivity index (χ2v) is 10.6. The molecular weight excluding hydrogens is 434 g/mol. The monoisotopic (exact) mass is 455 g/mol. The molecule has 3 heterocycles. The number of hydrogen-bond acceptors (Lipinski definition) is 6. The molecule has 0 radical (unpaired) electrons. The Morgan fingerprint density at radius 3 is 2.58 bits per heavy atom. The number of hydrazone groups is 1. The zero-order chi connectivity index (χ0) is 22.5. The predicted molar refractivity (Wildman–Crippen MR) is 124 cm³/mol. The van der Waals surface area contributed by atoms with Crippen LogP contribution >= 0.6 is 11.8 Å². The number of nitrogens with one attached hydrogen (secondary N) is 1. The molecule has 1 aromatic carbocycles. The van der Waals surface area contributed by atoms with Gasteiger partial charge in [-0.05, 0) is 61.9 Å². The highest BCUT2D eigenvalue weighted by Gasteiger charge is 2.39. The van der Waals surface area contributed by atoms with E-state index in [4.69, 9.17) is 5.41 Å². The average molecular weight is 456 g/mol. The third-order valence-corrected chi connectivity index (χ3v) is 8.30. The van der Waals surface area contributed by atoms with Crippen LogP contribution in [-0.2, 0) is 14.6 Å². The minimum atomic E-state index is -3.56. The van der Waals surface area contributed by atoms with E-state index in [9.17, 15) is 13.2 Å². The number of nitrogens with zero attached hydrogens (tertiary/aromatic N) is 4. The van der Waals surface area contributed by atoms with Crippen molar-refractivity contribution in [3.8, 4) is 5.69 Å². The zero-order valence-electron chi connectivity index (χ0n) is 17.5. The van der Waals surface area contributed by atoms with Crippen molar-refractivity contribution < 1.29 is 13.2 Å². The van der Waals surface area contributed by atoms with Gasteiger partial charge in [-0.15, -0.1) is 5.10 Å². The minimum absolute atomic E-state index is 0.0632. The normalized spacial score (nSPS) is 17.8. The summed E-state index contributed by atoms with van der Waals surface area (Å²) < 4.78 is 26.2. The number of amides is 1. The van der Waals surface area contributed by atoms with Crippen LogP contribution in [0.3, 0.4) is 0 Å². The summed E-state index contributed by atoms with van der Waals surface area (Å²) in [5.74, 6) is -0.895. The number of para-hydroxylation sites is 1. The van der Waals surface area contributed by atoms with Crippen LogP contribution in [0.2, 0.25) is 0 Å². The van der Waals surface area contributed by atoms with Gasteiger partial charge in [-0.2, -0.15) is 10.0 Å². The molecule has 4 rings (SSSR count). The SMILES string of the molecule is CCS(=O)(=O)C1=NN2C(=N)/C(=C/c3cc(C)n(-c4ccccc4C)c3C)C(=O)N=C2S1. The Morgan fingerprint density at radius 2 is 1.90 bits per heavy atom. The molecule has 0 atom stereocenters. The van der Waals surface area contributed by atoms with Gasteiger partial charge in [0, 0.05) is 17.1 Å². The molecule has 0 saturated carbocycles. The number of hydrogen-bond donors (Lipinski definition) is 1. The Hall–Kier alpha value is -2.98. The Kier molecular flexibility index (Phi) is 5.22. The van der Waals surface area contributed by atoms with E-state index in [1.54, 1.807) is 6.08 Å². The molecule has 1 aromatic heterocycles. The van der Waals surface area contributed by atoms with Gasteiger partial charge >= 0.3 is 0 Å². The van der Waals surface area contributed by atoms with Crippen molar-refractivity contribution in [3.05, 3.63) is 58.4 Å². The van der Waals surface area contributed by atoms with Gasteiger partial charge in [-0.3, -0.25) is 10.2 Å². The molecule has 1 N–H and O–H groups in total. The zero-order valence-corrected chi connectivity index (χ0v) is 19.1. The predicted octanol–water partition coefficient (Wildman–Crippen LogP) is 3.41. The standard InChI is InChI=1S/C21H21N5O3S2/c1-5-31(28,29)21-24-26-18(22)16(19(27)23-20(26)30-21)11-15-10-13(3)25(14(15)4)17-9-7-6-8-12(17)2/h6-11,22H,5H2,1-4H3/b16-11-,22-18?. The number of benzene rings is 1. The largest absolute Gasteiger partial charge is 0.318 e. The molecule has 0 fully saturated rings. The summed E-state index contributed by atoms with van der Waals surface area (Å²) in [6.45, 7) is 7.49. The fourth-order valence-corrected chi connectivity index (χ4v) is 5.66. The number of thioether (sulfide) groups is 1. The van der Waals surface area contributed by atoms with Gasteiger partial charge in [-0.25, -0.2) is 8.42 Å². The van der Waals surface area contributed by atoms with Crippen LogP contribution in [-0.4, -0.2) is 45.0 Å². The number of carbonyl (C=O) groups is 1. The molecule has 0 aliphatic carbocycles. The van der Waals surface area contributed by atoms with Crippen molar-refractivity contribution in [2.75, 3.05) is 5.75 Å². The van der Waals surface area contributed by atoms with Crippen molar-refractivity contribution in [1.29, 1.82) is 5.41 Å². The van der Waals surface area contributed by atoms with Crippen LogP contribution in [0.1, 0.15) is 29.4 Å². The van der Waals surface area contributed by atoms with Crippen molar-refractivity contribution in [1.82, 2.24) is 9.58 Å². The Labute approximate surface area is 184 Å². The second-order valence-electron chi connectivity index (χ2n) is 7.24. The van der Waals surface area contributed by atoms with Gasteiger partial charge in [0.25, 0.3) is 5.91 Å². The van der Waals surface area contributed by atoms with Gasteiger partial charge in [0.1, 0.15) is 0 Å². The molecule has 0 saturated heterocycles. The highest BCUT2D eigenvalue weighted by atomic mass is 32.3. The lowest BCUT2D eigenvalue weighted by atomic mass is 10.1. The maximum absolute atomic E-state index is 12.7. The lowest BCUT2D eigenvalue weighted by molar-refractivity contribution is -0.114. The maximum atomic E-state index is 12.7. The molecule has 0 unspecified atom stereocenters. The molecule has 0 bridgehead atoms. The fraction of sp³-hybridized carbons (Fsp3) is 0.238. The molecule has 8 nitrogen and oxygen atoms in total. The van der Waals surface area contributed by atoms with Gasteiger partial charge in [0.15, 0.2) is 5.84 Å². The number of aromatic nitrogens is 1. The molecule has 2 aliphatic rings. The van der Waals surface area contributed by atoms with Crippen molar-refractivity contribution in [2.45, 2.75) is 27.7 Å². The van der Waals surface area contributed by atoms with E-state index in [0.717, 1.165) is 45.0 Å². The van der Waals surface area contributed by atoms with Crippen LogP contribution in [0, 0.1) is 26.2 Å². The van der Waals surface area contributed by atoms with Crippen molar-refractivity contribution in [3.63, 3.8) is 0 Å². The summed E-state index contributed by atoms with van der Waals surface area (Å²) in [4.78, 5) is 16.6. The first-order chi connectivity index (χ1) is 14.6. The maximum Gasteiger partial charge on any atom is 0.283 e. The molecule has 10 heteroatoms. The number of fused-ring (bicyclic) bond motifs is 1. The summed E-state index contributed by atoms with van der Waals surface area (Å²) >= 11 is 0.795. The van der Waals surface area contributed by atoms with Crippen molar-refractivity contribution in [2.24, 2.45) is 10.1 Å². The van der Waals surface area contributed by atoms with Gasteiger partial charge in [0.2, 0.25) is 19.4 Å². The van der Waals surface area contributed by atoms with E-state index in [1.807, 2.05) is 51.1 Å². The highest BCUT2D eigenvalue weighted by Crippen LogP contribution is 2.31. The third kappa shape index (κ3) is 3.55. The van der Waals surface area contributed by atoms with Crippen LogP contribution in [0.15, 0.2) is 46.0 Å². The number of amidine groups is 2. The Balaban J connectivity index is 1.76. The Bertz CT molecular complexity index is 1330. The first kappa shape index (κ1) is 21.3. The van der Waals surface area contributed by atoms with E-state index in [0.29, 0.717) is 0 Å². The summed E-state index contributed by atoms with van der Waals surface area (Å²) in [5, 5.41) is 13.7. The van der Waals surface area contributed by atoms with E-state index in [1.165, 1.54) is 6.92 Å². The molecule has 2 aliphatic heterocycles. The highest BCUT2D eigenvalue weighted by molar-refractivity contribution is 8.42. The van der Waals surface area contributed by atoms with E-state index < -0.39 is 15.7 Å². The molecular formula is C21H21N5O3S2. The van der Waals surface area contributed by atoms with Crippen LogP contribution in [0.4, 0.5) is 0 Å². The van der Waals surface area contributed by atoms with E-state index in [2.05, 4.69) is 14.7 Å². The Morgan fingerprint density at radius 1 is 1.19 bits per heavy atom. The van der Waals surface area contributed by atoms with Crippen LogP contribution < -0.4 is 0 Å². The number of aryl methyl sites for hydroxylation is 2. The first-order valence-electron chi connectivity index (χ1n) is 9.62. The quantitative estimate of drug-likeness (QED) is 0.714. The van der Waals surface area contributed by atoms with Gasteiger partial charge in [-0.1, -0.05) is 25.1 Å². The summed E-state index contributed by atoms with van der Waals surface area (Å²) in [6, 6.07) is 9.97. The fourth-order valence-electron chi connectivity index (χ4n) is 3.50. The van der Waals surface area contributed by atoms with E-state index >= 15 is 0 Å². The van der Waals surface area contributed by atoms with Crippen molar-refractivity contribution >= 4 is 49.0 Å². The van der Waals surface area contributed by atoms with E-state index in [-0.39, 0.29) is 26.7 Å². The number of rotatable bonds is 3. The lowest BCUT2D eigenvalue weighted by Gasteiger charge is -2.20. The second kappa shape index (κ2) is 7.61. The first-order valence-corrected chi connectivity index (χ1v) is 12.1. The summed E-state index contributed by atoms with van der Waals surface area (Å²) in [7, 11) is -3.56. The molecule has 1 amide bonds. The summed E-state index contributed by atoms with van der Waals surface area (Å²) in [6.07, 6.45) is 1.62. The molecule has 2 aromatic rings. The van der Waals surface area contributed by atoms with Gasteiger partial charge in [0.05, 0.1) is 11.3 Å². The topological polar surface area (TPSA) is 108 Å². The van der Waals surface area contributed by atoms with Crippen LogP contribution in [0.25, 0.3) is 11.8 Å². The van der Waals surface area contributed by atoms with Crippen LogP contribution in [0.5, 0.6) is 0 Å². The number of carbonyl (C=O) groups excluding carboxylic acids is 1. The minimum Gasteiger partial charge on any atom is -0.318 e.